The van der Waals surface area contributed by atoms with Crippen LogP contribution in [0.25, 0.3) is 11.8 Å². The second-order valence-corrected chi connectivity index (χ2v) is 8.64. The number of fused-ring (bicyclic) bond motifs is 1. The van der Waals surface area contributed by atoms with Crippen molar-refractivity contribution in [2.75, 3.05) is 14.2 Å². The van der Waals surface area contributed by atoms with Gasteiger partial charge in [0.05, 0.1) is 19.9 Å². The zero-order valence-corrected chi connectivity index (χ0v) is 21.0. The van der Waals surface area contributed by atoms with E-state index in [0.717, 1.165) is 16.7 Å². The number of amides is 1. The summed E-state index contributed by atoms with van der Waals surface area (Å²) in [7, 11) is 3.19. The molecular formula is C31H26N2O5. The average molecular weight is 507 g/mol. The van der Waals surface area contributed by atoms with Gasteiger partial charge in [0.25, 0.3) is 5.91 Å². The Morgan fingerprint density at radius 1 is 0.816 bits per heavy atom. The number of carbonyl (C=O) groups is 2. The summed E-state index contributed by atoms with van der Waals surface area (Å²) in [4.78, 5) is 33.5. The molecule has 0 fully saturated rings. The van der Waals surface area contributed by atoms with Crippen LogP contribution >= 0.6 is 0 Å². The maximum absolute atomic E-state index is 14.0. The Labute approximate surface area is 220 Å². The number of aromatic nitrogens is 1. The maximum Gasteiger partial charge on any atom is 0.334 e. The summed E-state index contributed by atoms with van der Waals surface area (Å²) in [6.07, 6.45) is 3.46. The Morgan fingerprint density at radius 3 is 2.13 bits per heavy atom. The predicted octanol–water partition coefficient (Wildman–Crippen LogP) is 5.54. The molecule has 38 heavy (non-hydrogen) atoms. The molecule has 5 rings (SSSR count). The molecule has 0 bridgehead atoms. The van der Waals surface area contributed by atoms with E-state index in [-0.39, 0.29) is 12.3 Å². The van der Waals surface area contributed by atoms with Gasteiger partial charge in [-0.15, -0.1) is 0 Å². The fourth-order valence-corrected chi connectivity index (χ4v) is 4.40. The lowest BCUT2D eigenvalue weighted by Crippen LogP contribution is -2.41. The lowest BCUT2D eigenvalue weighted by molar-refractivity contribution is -0.149. The Balaban J connectivity index is 1.56. The molecule has 1 amide bonds. The summed E-state index contributed by atoms with van der Waals surface area (Å²) in [5.74, 6) is 0.441. The Bertz CT molecular complexity index is 1460. The number of benzene rings is 3. The minimum absolute atomic E-state index is 0.0503. The van der Waals surface area contributed by atoms with Gasteiger partial charge in [-0.25, -0.2) is 4.79 Å². The molecule has 4 aromatic rings. The van der Waals surface area contributed by atoms with Crippen LogP contribution in [-0.4, -0.2) is 36.0 Å². The Morgan fingerprint density at radius 2 is 1.47 bits per heavy atom. The fraction of sp³-hybridized carbons (Fsp3) is 0.129. The Kier molecular flexibility index (Phi) is 7.17. The van der Waals surface area contributed by atoms with Gasteiger partial charge in [0.2, 0.25) is 0 Å². The number of methoxy groups -OCH3 is 2. The lowest BCUT2D eigenvalue weighted by Gasteiger charge is -2.36. The summed E-state index contributed by atoms with van der Waals surface area (Å²) < 4.78 is 16.3. The monoisotopic (exact) mass is 506 g/mol. The number of ether oxygens (including phenoxy) is 3. The van der Waals surface area contributed by atoms with Crippen molar-refractivity contribution in [3.8, 4) is 11.5 Å². The van der Waals surface area contributed by atoms with Gasteiger partial charge in [-0.2, -0.15) is 0 Å². The molecule has 0 saturated heterocycles. The van der Waals surface area contributed by atoms with E-state index in [0.29, 0.717) is 22.8 Å². The molecule has 2 heterocycles. The van der Waals surface area contributed by atoms with E-state index < -0.39 is 17.9 Å². The van der Waals surface area contributed by atoms with Crippen LogP contribution in [-0.2, 0) is 16.1 Å². The molecule has 1 unspecified atom stereocenters. The molecule has 0 aliphatic carbocycles. The van der Waals surface area contributed by atoms with E-state index in [1.54, 1.807) is 50.7 Å². The highest BCUT2D eigenvalue weighted by molar-refractivity contribution is 6.05. The van der Waals surface area contributed by atoms with Gasteiger partial charge in [0, 0.05) is 6.20 Å². The molecular weight excluding hydrogens is 480 g/mol. The zero-order valence-electron chi connectivity index (χ0n) is 21.0. The molecule has 0 spiro atoms. The minimum atomic E-state index is -1.01. The van der Waals surface area contributed by atoms with Crippen LogP contribution in [0.1, 0.15) is 38.8 Å². The molecule has 0 saturated carbocycles. The number of nitrogens with zero attached hydrogens (tertiary/aromatic N) is 2. The van der Waals surface area contributed by atoms with Crippen molar-refractivity contribution in [3.05, 3.63) is 125 Å². The second kappa shape index (κ2) is 11.0. The third kappa shape index (κ3) is 4.99. The van der Waals surface area contributed by atoms with Crippen molar-refractivity contribution in [3.63, 3.8) is 0 Å². The third-order valence-corrected chi connectivity index (χ3v) is 6.35. The largest absolute Gasteiger partial charge is 0.497 e. The van der Waals surface area contributed by atoms with Crippen molar-refractivity contribution in [2.45, 2.75) is 12.6 Å². The maximum atomic E-state index is 14.0. The highest BCUT2D eigenvalue weighted by Gasteiger charge is 2.40. The smallest absolute Gasteiger partial charge is 0.334 e. The second-order valence-electron chi connectivity index (χ2n) is 8.64. The summed E-state index contributed by atoms with van der Waals surface area (Å²) in [5.41, 5.74) is 3.84. The van der Waals surface area contributed by atoms with Crippen LogP contribution in [0.2, 0.25) is 0 Å². The van der Waals surface area contributed by atoms with Crippen molar-refractivity contribution >= 4 is 23.6 Å². The van der Waals surface area contributed by atoms with Crippen LogP contribution in [0.3, 0.4) is 0 Å². The molecule has 1 atom stereocenters. The van der Waals surface area contributed by atoms with Gasteiger partial charge in [0.1, 0.15) is 23.8 Å². The lowest BCUT2D eigenvalue weighted by atomic mass is 9.91. The molecule has 0 radical (unpaired) electrons. The van der Waals surface area contributed by atoms with Crippen molar-refractivity contribution < 1.29 is 23.8 Å². The zero-order chi connectivity index (χ0) is 26.5. The topological polar surface area (TPSA) is 78.0 Å². The molecule has 7 nitrogen and oxygen atoms in total. The Hall–Kier alpha value is -4.91. The highest BCUT2D eigenvalue weighted by atomic mass is 16.5. The van der Waals surface area contributed by atoms with Crippen LogP contribution in [0, 0.1) is 0 Å². The van der Waals surface area contributed by atoms with Crippen molar-refractivity contribution in [1.82, 2.24) is 9.88 Å². The molecule has 1 aliphatic heterocycles. The highest BCUT2D eigenvalue weighted by Crippen LogP contribution is 2.40. The third-order valence-electron chi connectivity index (χ3n) is 6.35. The standard InChI is InChI=1S/C31H26N2O5/c1-36-24-14-10-21(11-15-24)20-38-31(35)29-26-8-4-3-7-23(26)19-28(22-12-16-25(37-2)17-13-22)33(29)30(34)27-9-5-6-18-32-27/h3-19,29H,20H2,1-2H3. The van der Waals surface area contributed by atoms with Gasteiger partial charge in [-0.1, -0.05) is 42.5 Å². The number of hydrogen-bond acceptors (Lipinski definition) is 6. The summed E-state index contributed by atoms with van der Waals surface area (Å²) in [6.45, 7) is 0.0503. The van der Waals surface area contributed by atoms with E-state index >= 15 is 0 Å². The molecule has 190 valence electrons. The van der Waals surface area contributed by atoms with Gasteiger partial charge < -0.3 is 14.2 Å². The SMILES string of the molecule is COc1ccc(COC(=O)C2c3ccccc3C=C(c3ccc(OC)cc3)N2C(=O)c2ccccn2)cc1. The number of pyridine rings is 1. The van der Waals surface area contributed by atoms with E-state index in [4.69, 9.17) is 14.2 Å². The van der Waals surface area contributed by atoms with Gasteiger partial charge in [-0.05, 0) is 76.9 Å². The first kappa shape index (κ1) is 24.8. The molecule has 7 heteroatoms. The van der Waals surface area contributed by atoms with Crippen LogP contribution in [0.5, 0.6) is 11.5 Å². The molecule has 1 aliphatic rings. The fourth-order valence-electron chi connectivity index (χ4n) is 4.40. The number of hydrogen-bond donors (Lipinski definition) is 0. The molecule has 1 aromatic heterocycles. The number of carbonyl (C=O) groups excluding carboxylic acids is 2. The van der Waals surface area contributed by atoms with E-state index in [1.807, 2.05) is 66.7 Å². The van der Waals surface area contributed by atoms with Gasteiger partial charge in [0.15, 0.2) is 6.04 Å². The average Bonchev–Trinajstić information content (AvgIpc) is 2.99. The van der Waals surface area contributed by atoms with Crippen LogP contribution < -0.4 is 9.47 Å². The van der Waals surface area contributed by atoms with E-state index in [2.05, 4.69) is 4.98 Å². The number of esters is 1. The van der Waals surface area contributed by atoms with Crippen molar-refractivity contribution in [1.29, 1.82) is 0 Å². The predicted molar refractivity (Wildman–Crippen MR) is 143 cm³/mol. The van der Waals surface area contributed by atoms with E-state index in [9.17, 15) is 9.59 Å². The van der Waals surface area contributed by atoms with Crippen LogP contribution in [0.15, 0.2) is 97.2 Å². The first-order chi connectivity index (χ1) is 18.6. The summed E-state index contributed by atoms with van der Waals surface area (Å²) >= 11 is 0. The summed E-state index contributed by atoms with van der Waals surface area (Å²) in [6, 6.07) is 26.2. The quantitative estimate of drug-likeness (QED) is 0.307. The van der Waals surface area contributed by atoms with Gasteiger partial charge >= 0.3 is 5.97 Å². The van der Waals surface area contributed by atoms with E-state index in [1.165, 1.54) is 4.90 Å². The van der Waals surface area contributed by atoms with Crippen LogP contribution in [0.4, 0.5) is 0 Å². The molecule has 0 N–H and O–H groups in total. The van der Waals surface area contributed by atoms with Crippen molar-refractivity contribution in [2.24, 2.45) is 0 Å². The minimum Gasteiger partial charge on any atom is -0.497 e. The van der Waals surface area contributed by atoms with Gasteiger partial charge in [-0.3, -0.25) is 14.7 Å². The molecule has 3 aromatic carbocycles. The summed E-state index contributed by atoms with van der Waals surface area (Å²) in [5, 5.41) is 0. The first-order valence-electron chi connectivity index (χ1n) is 12.1. The normalized spacial score (nSPS) is 14.2. The number of rotatable bonds is 7. The first-order valence-corrected chi connectivity index (χ1v) is 12.1.